The van der Waals surface area contributed by atoms with Crippen molar-refractivity contribution < 1.29 is 35.3 Å². The third kappa shape index (κ3) is 6.64. The number of benzene rings is 4. The van der Waals surface area contributed by atoms with E-state index in [1.807, 2.05) is 60.7 Å². The van der Waals surface area contributed by atoms with E-state index in [0.717, 1.165) is 58.9 Å². The number of ether oxygens (including phenoxy) is 1. The molecule has 0 radical (unpaired) electrons. The first-order chi connectivity index (χ1) is 27.2. The smallest absolute Gasteiger partial charge is 0.222 e. The quantitative estimate of drug-likeness (QED) is 0.160. The van der Waals surface area contributed by atoms with E-state index < -0.39 is 0 Å². The molecule has 0 amide bonds. The summed E-state index contributed by atoms with van der Waals surface area (Å²) < 4.78 is 12.9. The van der Waals surface area contributed by atoms with Crippen LogP contribution in [0.25, 0.3) is 55.7 Å². The van der Waals surface area contributed by atoms with Gasteiger partial charge < -0.3 is 14.3 Å². The molecule has 4 aromatic carbocycles. The van der Waals surface area contributed by atoms with Crippen molar-refractivity contribution in [1.29, 1.82) is 0 Å². The van der Waals surface area contributed by atoms with Crippen LogP contribution in [0.1, 0.15) is 73.0 Å². The van der Waals surface area contributed by atoms with Gasteiger partial charge in [0.1, 0.15) is 5.75 Å². The number of rotatable bonds is 7. The van der Waals surface area contributed by atoms with Crippen LogP contribution >= 0.6 is 0 Å². The second kappa shape index (κ2) is 14.4. The van der Waals surface area contributed by atoms with E-state index in [2.05, 4.69) is 82.3 Å². The number of phenolic OH excluding ortho intramolecular Hbond substituents is 1. The summed E-state index contributed by atoms with van der Waals surface area (Å²) in [6.45, 7) is 8.86. The fourth-order valence-electron chi connectivity index (χ4n) is 9.16. The van der Waals surface area contributed by atoms with Gasteiger partial charge in [0.2, 0.25) is 17.5 Å². The van der Waals surface area contributed by atoms with Gasteiger partial charge in [0.05, 0.1) is 11.3 Å². The number of para-hydroxylation sites is 1. The molecule has 0 saturated heterocycles. The molecule has 57 heavy (non-hydrogen) atoms. The maximum absolute atomic E-state index is 10.9. The molecule has 10 rings (SSSR count). The van der Waals surface area contributed by atoms with E-state index in [1.54, 1.807) is 6.07 Å². The standard InChI is InChI=1S/C50H42N3O3.Pt/c1-29(2)36-14-9-15-37(30(3)4)48(36)34-22-42(39-13-7-8-17-44(39)54)52-47(24-34)56-46-18-10-16-41(51-46)31-19-20-38-40-21-35-27-50(25-32-11-5-6-12-33(32)26-50)28-43(35)53-49(40)55-45(38)23-31;/h5-18,20-24,29-30,54H,25-28H2,1-4H3;/q-1;. The van der Waals surface area contributed by atoms with Crippen molar-refractivity contribution in [2.24, 2.45) is 5.41 Å². The van der Waals surface area contributed by atoms with Crippen LogP contribution in [0, 0.1) is 11.5 Å². The SMILES string of the molecule is CC(C)c1cccc(C(C)C)c1-c1cc(Oc2cccc(-c3[c-]cc4c(c3)oc3nc5c(cc34)CC3(Cc4ccccc4C3)C5)n2)nc(-c2ccccc2O)c1.[Pt]. The van der Waals surface area contributed by atoms with Gasteiger partial charge in [-0.1, -0.05) is 112 Å². The Labute approximate surface area is 347 Å². The maximum atomic E-state index is 10.9. The zero-order valence-corrected chi connectivity index (χ0v) is 34.6. The third-order valence-corrected chi connectivity index (χ3v) is 11.8. The second-order valence-corrected chi connectivity index (χ2v) is 16.3. The first kappa shape index (κ1) is 37.0. The van der Waals surface area contributed by atoms with Crippen LogP contribution in [0.15, 0.2) is 120 Å². The normalized spacial score (nSPS) is 14.1. The molecule has 0 bridgehead atoms. The summed E-state index contributed by atoms with van der Waals surface area (Å²) in [4.78, 5) is 14.9. The van der Waals surface area contributed by atoms with Crippen LogP contribution in [0.4, 0.5) is 0 Å². The van der Waals surface area contributed by atoms with Gasteiger partial charge in [0.15, 0.2) is 0 Å². The first-order valence-corrected chi connectivity index (χ1v) is 19.6. The molecule has 2 aliphatic rings. The number of aromatic hydroxyl groups is 1. The number of furan rings is 1. The van der Waals surface area contributed by atoms with Crippen molar-refractivity contribution in [2.45, 2.75) is 65.2 Å². The van der Waals surface area contributed by atoms with Crippen molar-refractivity contribution in [3.63, 3.8) is 0 Å². The second-order valence-electron chi connectivity index (χ2n) is 16.3. The average molecular weight is 928 g/mol. The zero-order valence-electron chi connectivity index (χ0n) is 32.4. The largest absolute Gasteiger partial charge is 0.507 e. The molecule has 0 aliphatic heterocycles. The molecule has 0 atom stereocenters. The van der Waals surface area contributed by atoms with Crippen LogP contribution in [-0.4, -0.2) is 20.1 Å². The molecule has 7 heteroatoms. The van der Waals surface area contributed by atoms with Crippen molar-refractivity contribution in [1.82, 2.24) is 15.0 Å². The topological polar surface area (TPSA) is 81.3 Å². The Bertz CT molecular complexity index is 2790. The number of nitrogens with zero attached hydrogens (tertiary/aromatic N) is 3. The molecule has 2 aliphatic carbocycles. The molecule has 1 spiro atoms. The fraction of sp³-hybridized carbons (Fsp3) is 0.220. The number of pyridine rings is 3. The zero-order chi connectivity index (χ0) is 38.1. The number of hydrogen-bond donors (Lipinski definition) is 1. The predicted molar refractivity (Wildman–Crippen MR) is 222 cm³/mol. The van der Waals surface area contributed by atoms with Crippen molar-refractivity contribution >= 4 is 22.1 Å². The van der Waals surface area contributed by atoms with Crippen molar-refractivity contribution in [2.75, 3.05) is 0 Å². The minimum absolute atomic E-state index is 0. The van der Waals surface area contributed by atoms with Crippen LogP contribution in [0.2, 0.25) is 0 Å². The Kier molecular flexibility index (Phi) is 9.36. The summed E-state index contributed by atoms with van der Waals surface area (Å²) in [6, 6.07) is 42.2. The summed E-state index contributed by atoms with van der Waals surface area (Å²) in [5.74, 6) is 1.54. The Morgan fingerprint density at radius 1 is 0.667 bits per heavy atom. The maximum Gasteiger partial charge on any atom is 0.222 e. The van der Waals surface area contributed by atoms with E-state index >= 15 is 0 Å². The summed E-state index contributed by atoms with van der Waals surface area (Å²) in [6.07, 6.45) is 4.24. The van der Waals surface area contributed by atoms with Gasteiger partial charge in [-0.15, -0.1) is 17.7 Å². The van der Waals surface area contributed by atoms with Crippen molar-refractivity contribution in [3.8, 4) is 51.2 Å². The van der Waals surface area contributed by atoms with Gasteiger partial charge in [0.25, 0.3) is 0 Å². The summed E-state index contributed by atoms with van der Waals surface area (Å²) in [5.41, 5.74) is 14.5. The van der Waals surface area contributed by atoms with Crippen LogP contribution < -0.4 is 4.74 Å². The van der Waals surface area contributed by atoms with Gasteiger partial charge in [0, 0.05) is 43.8 Å². The van der Waals surface area contributed by atoms with Crippen LogP contribution in [0.5, 0.6) is 17.5 Å². The van der Waals surface area contributed by atoms with E-state index in [1.165, 1.54) is 33.4 Å². The number of hydrogen-bond acceptors (Lipinski definition) is 6. The summed E-state index contributed by atoms with van der Waals surface area (Å²) in [7, 11) is 0. The molecule has 6 nitrogen and oxygen atoms in total. The van der Waals surface area contributed by atoms with Gasteiger partial charge in [-0.3, -0.25) is 4.98 Å². The Balaban J connectivity index is 0.00000422. The first-order valence-electron chi connectivity index (χ1n) is 19.6. The minimum atomic E-state index is 0. The Morgan fingerprint density at radius 3 is 2.09 bits per heavy atom. The number of aromatic nitrogens is 3. The number of phenols is 1. The molecule has 0 saturated carbocycles. The fourth-order valence-corrected chi connectivity index (χ4v) is 9.16. The molecule has 8 aromatic rings. The van der Waals surface area contributed by atoms with E-state index in [-0.39, 0.29) is 32.2 Å². The van der Waals surface area contributed by atoms with E-state index in [0.29, 0.717) is 46.3 Å². The monoisotopic (exact) mass is 927 g/mol. The minimum Gasteiger partial charge on any atom is -0.507 e. The van der Waals surface area contributed by atoms with Crippen LogP contribution in [0.3, 0.4) is 0 Å². The molecule has 0 unspecified atom stereocenters. The Morgan fingerprint density at radius 2 is 1.35 bits per heavy atom. The molecule has 0 fully saturated rings. The van der Waals surface area contributed by atoms with E-state index in [9.17, 15) is 5.11 Å². The summed E-state index contributed by atoms with van der Waals surface area (Å²) in [5, 5.41) is 12.9. The van der Waals surface area contributed by atoms with E-state index in [4.69, 9.17) is 24.1 Å². The van der Waals surface area contributed by atoms with Gasteiger partial charge in [-0.05, 0) is 112 Å². The molecular formula is C50H42N3O3Pt-. The van der Waals surface area contributed by atoms with Gasteiger partial charge in [-0.2, -0.15) is 0 Å². The van der Waals surface area contributed by atoms with Crippen molar-refractivity contribution in [3.05, 3.63) is 155 Å². The number of fused-ring (bicyclic) bond motifs is 5. The van der Waals surface area contributed by atoms with Gasteiger partial charge >= 0.3 is 0 Å². The molecule has 286 valence electrons. The molecule has 1 N–H and O–H groups in total. The Hall–Kier alpha value is -5.58. The third-order valence-electron chi connectivity index (χ3n) is 11.8. The molecule has 4 heterocycles. The molecular weight excluding hydrogens is 886 g/mol. The average Bonchev–Trinajstić information content (AvgIpc) is 3.86. The predicted octanol–water partition coefficient (Wildman–Crippen LogP) is 12.2. The summed E-state index contributed by atoms with van der Waals surface area (Å²) >= 11 is 0. The van der Waals surface area contributed by atoms with Gasteiger partial charge in [-0.25, -0.2) is 9.97 Å². The van der Waals surface area contributed by atoms with Crippen LogP contribution in [-0.2, 0) is 46.7 Å². The molecule has 4 aromatic heterocycles.